The minimum Gasteiger partial charge on any atom is -0.457 e. The number of aliphatic hydroxyl groups excluding tert-OH is 2. The molecule has 0 aliphatic carbocycles. The molecule has 1 saturated heterocycles. The lowest BCUT2D eigenvalue weighted by Gasteiger charge is -2.43. The van der Waals surface area contributed by atoms with Crippen molar-refractivity contribution in [2.75, 3.05) is 6.61 Å². The molecule has 1 aromatic rings. The van der Waals surface area contributed by atoms with Crippen molar-refractivity contribution >= 4 is 11.9 Å². The minimum atomic E-state index is -1.30. The lowest BCUT2D eigenvalue weighted by Crippen LogP contribution is -2.65. The van der Waals surface area contributed by atoms with Gasteiger partial charge in [0.05, 0.1) is 13.2 Å². The summed E-state index contributed by atoms with van der Waals surface area (Å²) in [6.45, 7) is 2.18. The quantitative estimate of drug-likeness (QED) is 0.603. The van der Waals surface area contributed by atoms with E-state index >= 15 is 0 Å². The maximum absolute atomic E-state index is 11.5. The van der Waals surface area contributed by atoms with E-state index in [9.17, 15) is 19.8 Å². The van der Waals surface area contributed by atoms with Crippen LogP contribution in [-0.2, 0) is 30.4 Å². The van der Waals surface area contributed by atoms with E-state index in [1.807, 2.05) is 30.3 Å². The van der Waals surface area contributed by atoms with Gasteiger partial charge in [-0.05, 0) is 5.56 Å². The Balaban J connectivity index is 2.19. The Morgan fingerprint density at radius 1 is 1.24 bits per heavy atom. The molecule has 1 aliphatic rings. The standard InChI is InChI=1S/C17H23NO7/c1-10(20)18-14-16(24-11(2)21)15(22)13(8-19)25-17(14)23-9-12-6-4-3-5-7-12/h3-7,13-17,19,22H,8-9H2,1-2H3,(H,18,20)/t13-,14-,15-,16+,17-/m0/s1. The first-order valence-electron chi connectivity index (χ1n) is 7.96. The molecule has 1 aromatic carbocycles. The van der Waals surface area contributed by atoms with Gasteiger partial charge in [-0.25, -0.2) is 0 Å². The highest BCUT2D eigenvalue weighted by atomic mass is 16.7. The molecule has 8 nitrogen and oxygen atoms in total. The average molecular weight is 353 g/mol. The van der Waals surface area contributed by atoms with E-state index in [0.29, 0.717) is 0 Å². The molecule has 3 N–H and O–H groups in total. The molecule has 1 amide bonds. The van der Waals surface area contributed by atoms with Crippen LogP contribution in [-0.4, -0.2) is 59.3 Å². The van der Waals surface area contributed by atoms with Crippen molar-refractivity contribution in [3.63, 3.8) is 0 Å². The van der Waals surface area contributed by atoms with Crippen molar-refractivity contribution in [2.45, 2.75) is 51.1 Å². The van der Waals surface area contributed by atoms with Crippen LogP contribution in [0.3, 0.4) is 0 Å². The highest BCUT2D eigenvalue weighted by Gasteiger charge is 2.48. The first-order chi connectivity index (χ1) is 11.9. The zero-order valence-electron chi connectivity index (χ0n) is 14.1. The number of carbonyl (C=O) groups excluding carboxylic acids is 2. The van der Waals surface area contributed by atoms with E-state index in [-0.39, 0.29) is 6.61 Å². The number of hydrogen-bond donors (Lipinski definition) is 3. The molecule has 0 spiro atoms. The second kappa shape index (κ2) is 8.91. The lowest BCUT2D eigenvalue weighted by atomic mass is 9.96. The zero-order valence-corrected chi connectivity index (χ0v) is 14.1. The molecule has 0 bridgehead atoms. The van der Waals surface area contributed by atoms with E-state index in [1.165, 1.54) is 13.8 Å². The van der Waals surface area contributed by atoms with Crippen molar-refractivity contribution in [1.82, 2.24) is 5.32 Å². The summed E-state index contributed by atoms with van der Waals surface area (Å²) in [5.41, 5.74) is 0.878. The number of esters is 1. The number of rotatable bonds is 6. The Morgan fingerprint density at radius 2 is 1.92 bits per heavy atom. The highest BCUT2D eigenvalue weighted by Crippen LogP contribution is 2.25. The van der Waals surface area contributed by atoms with Crippen molar-refractivity contribution in [3.8, 4) is 0 Å². The van der Waals surface area contributed by atoms with Crippen molar-refractivity contribution in [1.29, 1.82) is 0 Å². The molecule has 0 aromatic heterocycles. The molecular weight excluding hydrogens is 330 g/mol. The van der Waals surface area contributed by atoms with Crippen LogP contribution in [0.5, 0.6) is 0 Å². The smallest absolute Gasteiger partial charge is 0.303 e. The predicted molar refractivity (Wildman–Crippen MR) is 86.1 cm³/mol. The summed E-state index contributed by atoms with van der Waals surface area (Å²) in [6.07, 6.45) is -4.42. The fourth-order valence-electron chi connectivity index (χ4n) is 2.68. The summed E-state index contributed by atoms with van der Waals surface area (Å²) in [7, 11) is 0. The molecule has 1 fully saturated rings. The third kappa shape index (κ3) is 5.23. The van der Waals surface area contributed by atoms with Crippen LogP contribution in [0.4, 0.5) is 0 Å². The predicted octanol–water partition coefficient (Wildman–Crippen LogP) is -0.282. The Morgan fingerprint density at radius 3 is 2.48 bits per heavy atom. The molecule has 5 atom stereocenters. The van der Waals surface area contributed by atoms with E-state index in [2.05, 4.69) is 5.32 Å². The molecule has 8 heteroatoms. The van der Waals surface area contributed by atoms with Crippen molar-refractivity contribution < 1.29 is 34.0 Å². The van der Waals surface area contributed by atoms with Gasteiger partial charge >= 0.3 is 5.97 Å². The maximum Gasteiger partial charge on any atom is 0.303 e. The van der Waals surface area contributed by atoms with Crippen LogP contribution >= 0.6 is 0 Å². The summed E-state index contributed by atoms with van der Waals surface area (Å²) in [5, 5.41) is 22.3. The molecule has 2 rings (SSSR count). The summed E-state index contributed by atoms with van der Waals surface area (Å²) >= 11 is 0. The van der Waals surface area contributed by atoms with Gasteiger partial charge in [0.1, 0.15) is 18.2 Å². The van der Waals surface area contributed by atoms with Gasteiger partial charge in [-0.1, -0.05) is 30.3 Å². The number of benzene rings is 1. The summed E-state index contributed by atoms with van der Waals surface area (Å²) in [5.74, 6) is -1.02. The van der Waals surface area contributed by atoms with Gasteiger partial charge in [-0.3, -0.25) is 9.59 Å². The molecule has 1 heterocycles. The number of nitrogens with one attached hydrogen (secondary N) is 1. The monoisotopic (exact) mass is 353 g/mol. The van der Waals surface area contributed by atoms with Gasteiger partial charge in [-0.2, -0.15) is 0 Å². The fraction of sp³-hybridized carbons (Fsp3) is 0.529. The summed E-state index contributed by atoms with van der Waals surface area (Å²) in [6, 6.07) is 8.38. The second-order valence-corrected chi connectivity index (χ2v) is 5.81. The lowest BCUT2D eigenvalue weighted by molar-refractivity contribution is -0.276. The van der Waals surface area contributed by atoms with Crippen LogP contribution in [0.15, 0.2) is 30.3 Å². The largest absolute Gasteiger partial charge is 0.457 e. The zero-order chi connectivity index (χ0) is 18.4. The number of amides is 1. The number of hydrogen-bond acceptors (Lipinski definition) is 7. The first kappa shape index (κ1) is 19.3. The van der Waals surface area contributed by atoms with E-state index in [0.717, 1.165) is 5.56 Å². The first-order valence-corrected chi connectivity index (χ1v) is 7.96. The Hall–Kier alpha value is -2.00. The third-order valence-electron chi connectivity index (χ3n) is 3.78. The van der Waals surface area contributed by atoms with Crippen LogP contribution in [0.25, 0.3) is 0 Å². The maximum atomic E-state index is 11.5. The molecular formula is C17H23NO7. The molecule has 1 aliphatic heterocycles. The normalized spacial score (nSPS) is 29.0. The third-order valence-corrected chi connectivity index (χ3v) is 3.78. The van der Waals surface area contributed by atoms with Crippen molar-refractivity contribution in [2.24, 2.45) is 0 Å². The van der Waals surface area contributed by atoms with Gasteiger partial charge in [0, 0.05) is 13.8 Å². The number of carbonyl (C=O) groups is 2. The van der Waals surface area contributed by atoms with Gasteiger partial charge in [-0.15, -0.1) is 0 Å². The second-order valence-electron chi connectivity index (χ2n) is 5.81. The van der Waals surface area contributed by atoms with Gasteiger partial charge in [0.15, 0.2) is 12.4 Å². The fourth-order valence-corrected chi connectivity index (χ4v) is 2.68. The SMILES string of the molecule is CC(=O)N[C@@H]1[C@@H](OCc2ccccc2)O[C@@H](CO)[C@H](O)[C@@H]1OC(C)=O. The Kier molecular flexibility index (Phi) is 6.89. The Labute approximate surface area is 145 Å². The van der Waals surface area contributed by atoms with Crippen LogP contribution < -0.4 is 5.32 Å². The van der Waals surface area contributed by atoms with Gasteiger partial charge < -0.3 is 29.7 Å². The van der Waals surface area contributed by atoms with Crippen LogP contribution in [0.1, 0.15) is 19.4 Å². The molecule has 138 valence electrons. The molecule has 0 saturated carbocycles. The van der Waals surface area contributed by atoms with Crippen LogP contribution in [0, 0.1) is 0 Å². The minimum absolute atomic E-state index is 0.183. The summed E-state index contributed by atoms with van der Waals surface area (Å²) in [4.78, 5) is 22.9. The Bertz CT molecular complexity index is 580. The van der Waals surface area contributed by atoms with Gasteiger partial charge in [0.25, 0.3) is 0 Å². The average Bonchev–Trinajstić information content (AvgIpc) is 2.57. The molecule has 0 radical (unpaired) electrons. The van der Waals surface area contributed by atoms with Gasteiger partial charge in [0.2, 0.25) is 5.91 Å². The molecule has 0 unspecified atom stereocenters. The molecule has 25 heavy (non-hydrogen) atoms. The summed E-state index contributed by atoms with van der Waals surface area (Å²) < 4.78 is 16.4. The van der Waals surface area contributed by atoms with Crippen molar-refractivity contribution in [3.05, 3.63) is 35.9 Å². The van der Waals surface area contributed by atoms with Crippen LogP contribution in [0.2, 0.25) is 0 Å². The number of aliphatic hydroxyl groups is 2. The topological polar surface area (TPSA) is 114 Å². The highest BCUT2D eigenvalue weighted by molar-refractivity contribution is 5.73. The van der Waals surface area contributed by atoms with E-state index < -0.39 is 49.1 Å². The van der Waals surface area contributed by atoms with E-state index in [4.69, 9.17) is 14.2 Å². The number of ether oxygens (including phenoxy) is 3. The van der Waals surface area contributed by atoms with E-state index in [1.54, 1.807) is 0 Å².